The molecule has 1 fully saturated rings. The van der Waals surface area contributed by atoms with Crippen LogP contribution >= 0.6 is 12.4 Å². The van der Waals surface area contributed by atoms with Crippen molar-refractivity contribution in [1.82, 2.24) is 10.6 Å². The van der Waals surface area contributed by atoms with Gasteiger partial charge >= 0.3 is 0 Å². The molecule has 1 heterocycles. The Morgan fingerprint density at radius 1 is 1.40 bits per heavy atom. The van der Waals surface area contributed by atoms with Crippen molar-refractivity contribution in [1.29, 1.82) is 0 Å². The minimum atomic E-state index is -0.625. The molecule has 3 nitrogen and oxygen atoms in total. The lowest BCUT2D eigenvalue weighted by atomic mass is 10.0. The third-order valence-corrected chi connectivity index (χ3v) is 3.43. The highest BCUT2D eigenvalue weighted by atomic mass is 35.5. The molecule has 1 aliphatic heterocycles. The van der Waals surface area contributed by atoms with Gasteiger partial charge in [-0.3, -0.25) is 4.79 Å². The summed E-state index contributed by atoms with van der Waals surface area (Å²) in [5.74, 6) is -0.759. The molecule has 20 heavy (non-hydrogen) atoms. The first-order valence-electron chi connectivity index (χ1n) is 6.56. The lowest BCUT2D eigenvalue weighted by molar-refractivity contribution is -0.121. The minimum absolute atomic E-state index is 0. The molecule has 1 unspecified atom stereocenters. The first kappa shape index (κ1) is 16.9. The van der Waals surface area contributed by atoms with Gasteiger partial charge in [0.2, 0.25) is 5.91 Å². The zero-order valence-corrected chi connectivity index (χ0v) is 11.9. The lowest BCUT2D eigenvalue weighted by Gasteiger charge is -2.09. The second kappa shape index (κ2) is 8.17. The molecule has 0 aliphatic carbocycles. The van der Waals surface area contributed by atoms with Gasteiger partial charge in [-0.05, 0) is 37.9 Å². The van der Waals surface area contributed by atoms with Crippen LogP contribution in [-0.4, -0.2) is 19.0 Å². The summed E-state index contributed by atoms with van der Waals surface area (Å²) in [6, 6.07) is 3.37. The van der Waals surface area contributed by atoms with E-state index in [-0.39, 0.29) is 24.9 Å². The van der Waals surface area contributed by atoms with Crippen LogP contribution in [0.1, 0.15) is 24.8 Å². The molecule has 1 aromatic carbocycles. The number of hydrogen-bond acceptors (Lipinski definition) is 2. The molecule has 0 aromatic heterocycles. The fourth-order valence-corrected chi connectivity index (χ4v) is 2.24. The van der Waals surface area contributed by atoms with Gasteiger partial charge in [-0.1, -0.05) is 6.07 Å². The monoisotopic (exact) mass is 304 g/mol. The zero-order valence-electron chi connectivity index (χ0n) is 11.1. The first-order valence-corrected chi connectivity index (χ1v) is 6.56. The van der Waals surface area contributed by atoms with Crippen LogP contribution in [0.4, 0.5) is 8.78 Å². The Hall–Kier alpha value is -1.20. The van der Waals surface area contributed by atoms with Crippen molar-refractivity contribution in [2.45, 2.75) is 25.8 Å². The molecule has 0 radical (unpaired) electrons. The number of benzene rings is 1. The van der Waals surface area contributed by atoms with Gasteiger partial charge in [0.25, 0.3) is 0 Å². The topological polar surface area (TPSA) is 41.1 Å². The summed E-state index contributed by atoms with van der Waals surface area (Å²) in [4.78, 5) is 11.6. The average molecular weight is 305 g/mol. The van der Waals surface area contributed by atoms with Crippen LogP contribution in [0.25, 0.3) is 0 Å². The van der Waals surface area contributed by atoms with E-state index in [1.54, 1.807) is 0 Å². The molecule has 1 atom stereocenters. The van der Waals surface area contributed by atoms with Crippen LogP contribution in [0, 0.1) is 17.6 Å². The molecule has 1 aromatic rings. The van der Waals surface area contributed by atoms with Gasteiger partial charge in [0.1, 0.15) is 11.6 Å². The van der Waals surface area contributed by atoms with Crippen LogP contribution < -0.4 is 10.6 Å². The maximum Gasteiger partial charge on any atom is 0.220 e. The molecule has 112 valence electrons. The van der Waals surface area contributed by atoms with Gasteiger partial charge in [-0.2, -0.15) is 0 Å². The Kier molecular flexibility index (Phi) is 6.88. The molecule has 2 N–H and O–H groups in total. The van der Waals surface area contributed by atoms with Crippen molar-refractivity contribution >= 4 is 18.3 Å². The van der Waals surface area contributed by atoms with E-state index in [1.807, 2.05) is 0 Å². The Bertz CT molecular complexity index is 451. The predicted molar refractivity (Wildman–Crippen MR) is 75.7 cm³/mol. The minimum Gasteiger partial charge on any atom is -0.352 e. The van der Waals surface area contributed by atoms with Gasteiger partial charge < -0.3 is 10.6 Å². The Morgan fingerprint density at radius 2 is 2.20 bits per heavy atom. The van der Waals surface area contributed by atoms with E-state index in [1.165, 1.54) is 12.1 Å². The van der Waals surface area contributed by atoms with E-state index in [9.17, 15) is 13.6 Å². The van der Waals surface area contributed by atoms with Crippen molar-refractivity contribution in [3.8, 4) is 0 Å². The number of halogens is 3. The highest BCUT2D eigenvalue weighted by molar-refractivity contribution is 5.85. The third-order valence-electron chi connectivity index (χ3n) is 3.43. The highest BCUT2D eigenvalue weighted by Gasteiger charge is 2.15. The predicted octanol–water partition coefficient (Wildman–Crippen LogP) is 2.39. The Morgan fingerprint density at radius 3 is 2.85 bits per heavy atom. The van der Waals surface area contributed by atoms with E-state index in [2.05, 4.69) is 10.6 Å². The standard InChI is InChI=1S/C14H18F2N2O.ClH/c15-12-3-2-11(13(16)7-12)9-18-14(19)4-1-10-5-6-17-8-10;/h2-3,7,10,17H,1,4-6,8-9H2,(H,18,19);1H. The summed E-state index contributed by atoms with van der Waals surface area (Å²) in [5.41, 5.74) is 0.303. The Labute approximate surface area is 123 Å². The summed E-state index contributed by atoms with van der Waals surface area (Å²) >= 11 is 0. The Balaban J connectivity index is 0.00000200. The van der Waals surface area contributed by atoms with E-state index >= 15 is 0 Å². The normalized spacial score (nSPS) is 17.6. The van der Waals surface area contributed by atoms with Crippen molar-refractivity contribution < 1.29 is 13.6 Å². The molecule has 1 aliphatic rings. The largest absolute Gasteiger partial charge is 0.352 e. The van der Waals surface area contributed by atoms with E-state index < -0.39 is 11.6 Å². The molecule has 2 rings (SSSR count). The lowest BCUT2D eigenvalue weighted by Crippen LogP contribution is -2.24. The molecule has 1 saturated heterocycles. The number of carbonyl (C=O) groups is 1. The summed E-state index contributed by atoms with van der Waals surface area (Å²) in [5, 5.41) is 5.91. The summed E-state index contributed by atoms with van der Waals surface area (Å²) in [6.07, 6.45) is 2.42. The van der Waals surface area contributed by atoms with Gasteiger partial charge in [0.15, 0.2) is 0 Å². The van der Waals surface area contributed by atoms with Gasteiger partial charge in [0.05, 0.1) is 0 Å². The fraction of sp³-hybridized carbons (Fsp3) is 0.500. The summed E-state index contributed by atoms with van der Waals surface area (Å²) < 4.78 is 26.0. The number of hydrogen-bond donors (Lipinski definition) is 2. The van der Waals surface area contributed by atoms with E-state index in [0.29, 0.717) is 17.9 Å². The highest BCUT2D eigenvalue weighted by Crippen LogP contribution is 2.14. The van der Waals surface area contributed by atoms with E-state index in [4.69, 9.17) is 0 Å². The molecule has 1 amide bonds. The van der Waals surface area contributed by atoms with Crippen LogP contribution in [0.2, 0.25) is 0 Å². The number of nitrogens with one attached hydrogen (secondary N) is 2. The molecule has 6 heteroatoms. The third kappa shape index (κ3) is 5.06. The van der Waals surface area contributed by atoms with E-state index in [0.717, 1.165) is 32.0 Å². The molecule has 0 spiro atoms. The van der Waals surface area contributed by atoms with Crippen molar-refractivity contribution in [2.24, 2.45) is 5.92 Å². The van der Waals surface area contributed by atoms with Crippen LogP contribution in [-0.2, 0) is 11.3 Å². The second-order valence-electron chi connectivity index (χ2n) is 4.91. The average Bonchev–Trinajstić information content (AvgIpc) is 2.88. The maximum atomic E-state index is 13.3. The maximum absolute atomic E-state index is 13.3. The van der Waals surface area contributed by atoms with Crippen molar-refractivity contribution in [3.05, 3.63) is 35.4 Å². The number of amides is 1. The second-order valence-corrected chi connectivity index (χ2v) is 4.91. The van der Waals surface area contributed by atoms with Crippen LogP contribution in [0.5, 0.6) is 0 Å². The SMILES string of the molecule is Cl.O=C(CCC1CCNC1)NCc1ccc(F)cc1F. The summed E-state index contributed by atoms with van der Waals surface area (Å²) in [7, 11) is 0. The van der Waals surface area contributed by atoms with Gasteiger partial charge in [0, 0.05) is 24.6 Å². The molecular formula is C14H19ClF2N2O. The molecule has 0 saturated carbocycles. The fourth-order valence-electron chi connectivity index (χ4n) is 2.24. The number of rotatable bonds is 5. The molecule has 0 bridgehead atoms. The van der Waals surface area contributed by atoms with Gasteiger partial charge in [-0.25, -0.2) is 8.78 Å². The zero-order chi connectivity index (χ0) is 13.7. The summed E-state index contributed by atoms with van der Waals surface area (Å²) in [6.45, 7) is 2.10. The smallest absolute Gasteiger partial charge is 0.220 e. The van der Waals surface area contributed by atoms with Crippen LogP contribution in [0.15, 0.2) is 18.2 Å². The van der Waals surface area contributed by atoms with Crippen molar-refractivity contribution in [2.75, 3.05) is 13.1 Å². The van der Waals surface area contributed by atoms with Crippen molar-refractivity contribution in [3.63, 3.8) is 0 Å². The van der Waals surface area contributed by atoms with Crippen LogP contribution in [0.3, 0.4) is 0 Å². The quantitative estimate of drug-likeness (QED) is 0.877. The number of carbonyl (C=O) groups excluding carboxylic acids is 1. The molecular weight excluding hydrogens is 286 g/mol. The van der Waals surface area contributed by atoms with Gasteiger partial charge in [-0.15, -0.1) is 12.4 Å². The first-order chi connectivity index (χ1) is 9.15.